The smallest absolute Gasteiger partial charge is 0.0586 e. The van der Waals surface area contributed by atoms with Crippen LogP contribution in [0.3, 0.4) is 0 Å². The van der Waals surface area contributed by atoms with E-state index in [0.29, 0.717) is 12.6 Å². The molecule has 0 aliphatic carbocycles. The van der Waals surface area contributed by atoms with Crippen LogP contribution in [-0.4, -0.2) is 43.8 Å². The highest BCUT2D eigenvalue weighted by atomic mass is 28.3. The Labute approximate surface area is 108 Å². The minimum Gasteiger partial charge on any atom is -0.395 e. The number of likely N-dealkylation sites (tertiary alicyclic amines) is 1. The molecule has 1 atom stereocenters. The van der Waals surface area contributed by atoms with Gasteiger partial charge in [0, 0.05) is 14.1 Å². The summed E-state index contributed by atoms with van der Waals surface area (Å²) in [7, 11) is -0.821. The molecule has 0 aromatic heterocycles. The SMILES string of the molecule is C[Si](C)(C)CCCCCN1CCCC[C@@H]1CO. The van der Waals surface area contributed by atoms with E-state index in [4.69, 9.17) is 0 Å². The van der Waals surface area contributed by atoms with Gasteiger partial charge in [-0.25, -0.2) is 0 Å². The topological polar surface area (TPSA) is 23.5 Å². The minimum atomic E-state index is -0.821. The Morgan fingerprint density at radius 1 is 1.12 bits per heavy atom. The molecule has 0 radical (unpaired) electrons. The van der Waals surface area contributed by atoms with Gasteiger partial charge in [0.15, 0.2) is 0 Å². The highest BCUT2D eigenvalue weighted by Gasteiger charge is 2.20. The Morgan fingerprint density at radius 3 is 2.53 bits per heavy atom. The van der Waals surface area contributed by atoms with E-state index in [1.165, 1.54) is 57.7 Å². The van der Waals surface area contributed by atoms with Crippen molar-refractivity contribution in [2.75, 3.05) is 19.7 Å². The summed E-state index contributed by atoms with van der Waals surface area (Å²) in [6.07, 6.45) is 7.93. The second-order valence-electron chi connectivity index (χ2n) is 6.74. The fourth-order valence-corrected chi connectivity index (χ4v) is 4.02. The molecule has 1 heterocycles. The number of hydrogen-bond donors (Lipinski definition) is 1. The van der Waals surface area contributed by atoms with Crippen LogP contribution in [0, 0.1) is 0 Å². The van der Waals surface area contributed by atoms with Gasteiger partial charge in [-0.1, -0.05) is 44.9 Å². The fraction of sp³-hybridized carbons (Fsp3) is 1.00. The van der Waals surface area contributed by atoms with Crippen molar-refractivity contribution in [2.24, 2.45) is 0 Å². The highest BCUT2D eigenvalue weighted by molar-refractivity contribution is 6.76. The van der Waals surface area contributed by atoms with Crippen LogP contribution in [0.15, 0.2) is 0 Å². The summed E-state index contributed by atoms with van der Waals surface area (Å²) < 4.78 is 0. The number of piperidine rings is 1. The van der Waals surface area contributed by atoms with Gasteiger partial charge in [0.05, 0.1) is 6.61 Å². The molecule has 0 bridgehead atoms. The van der Waals surface area contributed by atoms with Crippen LogP contribution in [0.2, 0.25) is 25.7 Å². The summed E-state index contributed by atoms with van der Waals surface area (Å²) in [5.74, 6) is 0. The predicted molar refractivity (Wildman–Crippen MR) is 78.3 cm³/mol. The lowest BCUT2D eigenvalue weighted by molar-refractivity contribution is 0.0887. The third-order valence-electron chi connectivity index (χ3n) is 3.83. The maximum absolute atomic E-state index is 9.33. The molecule has 0 aromatic carbocycles. The van der Waals surface area contributed by atoms with E-state index in [9.17, 15) is 5.11 Å². The van der Waals surface area contributed by atoms with Crippen molar-refractivity contribution in [3.05, 3.63) is 0 Å². The van der Waals surface area contributed by atoms with E-state index in [2.05, 4.69) is 24.5 Å². The normalized spacial score (nSPS) is 22.9. The number of aliphatic hydroxyl groups is 1. The maximum atomic E-state index is 9.33. The Hall–Kier alpha value is 0.137. The molecule has 0 aromatic rings. The average Bonchev–Trinajstić information content (AvgIpc) is 2.27. The van der Waals surface area contributed by atoms with Gasteiger partial charge in [0.25, 0.3) is 0 Å². The lowest BCUT2D eigenvalue weighted by Crippen LogP contribution is -2.42. The van der Waals surface area contributed by atoms with Crippen molar-refractivity contribution < 1.29 is 5.11 Å². The molecule has 17 heavy (non-hydrogen) atoms. The molecule has 102 valence electrons. The molecule has 2 nitrogen and oxygen atoms in total. The zero-order valence-electron chi connectivity index (χ0n) is 12.0. The number of rotatable bonds is 7. The Balaban J connectivity index is 2.08. The third kappa shape index (κ3) is 6.58. The maximum Gasteiger partial charge on any atom is 0.0586 e. The Morgan fingerprint density at radius 2 is 1.88 bits per heavy atom. The quantitative estimate of drug-likeness (QED) is 0.558. The van der Waals surface area contributed by atoms with Crippen LogP contribution < -0.4 is 0 Å². The first-order valence-corrected chi connectivity index (χ1v) is 11.1. The summed E-state index contributed by atoms with van der Waals surface area (Å²) in [5.41, 5.74) is 0. The van der Waals surface area contributed by atoms with Gasteiger partial charge in [0.1, 0.15) is 0 Å². The summed E-state index contributed by atoms with van der Waals surface area (Å²) in [6, 6.07) is 1.93. The van der Waals surface area contributed by atoms with Crippen molar-refractivity contribution in [3.8, 4) is 0 Å². The minimum absolute atomic E-state index is 0.356. The zero-order chi connectivity index (χ0) is 12.7. The van der Waals surface area contributed by atoms with Crippen molar-refractivity contribution in [1.29, 1.82) is 0 Å². The summed E-state index contributed by atoms with van der Waals surface area (Å²) in [5, 5.41) is 9.33. The van der Waals surface area contributed by atoms with Gasteiger partial charge in [0.2, 0.25) is 0 Å². The van der Waals surface area contributed by atoms with Crippen LogP contribution in [0.25, 0.3) is 0 Å². The molecule has 0 spiro atoms. The van der Waals surface area contributed by atoms with Crippen LogP contribution in [0.1, 0.15) is 38.5 Å². The second-order valence-corrected chi connectivity index (χ2v) is 12.4. The average molecular weight is 257 g/mol. The van der Waals surface area contributed by atoms with Gasteiger partial charge in [-0.2, -0.15) is 0 Å². The number of aliphatic hydroxyl groups excluding tert-OH is 1. The predicted octanol–water partition coefficient (Wildman–Crippen LogP) is 3.34. The molecule has 0 saturated carbocycles. The number of hydrogen-bond acceptors (Lipinski definition) is 2. The molecular weight excluding hydrogens is 226 g/mol. The third-order valence-corrected chi connectivity index (χ3v) is 5.69. The van der Waals surface area contributed by atoms with Crippen LogP contribution in [-0.2, 0) is 0 Å². The standard InChI is InChI=1S/C14H31NOSi/c1-17(2,3)12-8-4-6-10-15-11-7-5-9-14(15)13-16/h14,16H,4-13H2,1-3H3/t14-/m1/s1. The van der Waals surface area contributed by atoms with Crippen molar-refractivity contribution in [2.45, 2.75) is 70.3 Å². The molecule has 1 rings (SSSR count). The molecule has 1 fully saturated rings. The monoisotopic (exact) mass is 257 g/mol. The number of unbranched alkanes of at least 4 members (excludes halogenated alkanes) is 2. The van der Waals surface area contributed by atoms with E-state index in [-0.39, 0.29) is 0 Å². The van der Waals surface area contributed by atoms with Crippen LogP contribution in [0.4, 0.5) is 0 Å². The van der Waals surface area contributed by atoms with Crippen LogP contribution in [0.5, 0.6) is 0 Å². The largest absolute Gasteiger partial charge is 0.395 e. The molecule has 1 aliphatic heterocycles. The molecular formula is C14H31NOSi. The zero-order valence-corrected chi connectivity index (χ0v) is 13.0. The first kappa shape index (κ1) is 15.2. The van der Waals surface area contributed by atoms with Crippen LogP contribution >= 0.6 is 0 Å². The Bertz CT molecular complexity index is 203. The van der Waals surface area contributed by atoms with Gasteiger partial charge in [-0.3, -0.25) is 4.90 Å². The lowest BCUT2D eigenvalue weighted by Gasteiger charge is -2.34. The van der Waals surface area contributed by atoms with Gasteiger partial charge >= 0.3 is 0 Å². The second kappa shape index (κ2) is 7.55. The van der Waals surface area contributed by atoms with E-state index in [1.54, 1.807) is 0 Å². The van der Waals surface area contributed by atoms with Crippen molar-refractivity contribution in [1.82, 2.24) is 4.90 Å². The van der Waals surface area contributed by atoms with Gasteiger partial charge in [-0.15, -0.1) is 0 Å². The molecule has 1 N–H and O–H groups in total. The molecule has 0 unspecified atom stereocenters. The van der Waals surface area contributed by atoms with Crippen molar-refractivity contribution >= 4 is 8.07 Å². The summed E-state index contributed by atoms with van der Waals surface area (Å²) in [4.78, 5) is 2.51. The van der Waals surface area contributed by atoms with E-state index in [1.807, 2.05) is 0 Å². The summed E-state index contributed by atoms with van der Waals surface area (Å²) in [6.45, 7) is 10.1. The van der Waals surface area contributed by atoms with E-state index < -0.39 is 8.07 Å². The highest BCUT2D eigenvalue weighted by Crippen LogP contribution is 2.18. The first-order chi connectivity index (χ1) is 8.03. The van der Waals surface area contributed by atoms with Crippen molar-refractivity contribution in [3.63, 3.8) is 0 Å². The van der Waals surface area contributed by atoms with Gasteiger partial charge in [-0.05, 0) is 32.4 Å². The lowest BCUT2D eigenvalue weighted by atomic mass is 10.0. The fourth-order valence-electron chi connectivity index (χ4n) is 2.71. The van der Waals surface area contributed by atoms with E-state index >= 15 is 0 Å². The Kier molecular flexibility index (Phi) is 6.74. The van der Waals surface area contributed by atoms with Gasteiger partial charge < -0.3 is 5.11 Å². The first-order valence-electron chi connectivity index (χ1n) is 7.38. The summed E-state index contributed by atoms with van der Waals surface area (Å²) >= 11 is 0. The molecule has 1 saturated heterocycles. The molecule has 1 aliphatic rings. The van der Waals surface area contributed by atoms with E-state index in [0.717, 1.165) is 0 Å². The number of nitrogens with zero attached hydrogens (tertiary/aromatic N) is 1. The molecule has 3 heteroatoms. The molecule has 0 amide bonds.